The van der Waals surface area contributed by atoms with Gasteiger partial charge in [0, 0.05) is 31.9 Å². The zero-order valence-corrected chi connectivity index (χ0v) is 15.8. The third-order valence-electron chi connectivity index (χ3n) is 4.80. The summed E-state index contributed by atoms with van der Waals surface area (Å²) in [5, 5.41) is 0. The molecule has 1 aliphatic rings. The largest absolute Gasteiger partial charge is 0.493 e. The van der Waals surface area contributed by atoms with Crippen molar-refractivity contribution in [3.05, 3.63) is 60.9 Å². The molecular formula is C21H23N5O2. The van der Waals surface area contributed by atoms with Gasteiger partial charge in [-0.1, -0.05) is 30.3 Å². The maximum absolute atomic E-state index is 6.35. The van der Waals surface area contributed by atoms with E-state index < -0.39 is 0 Å². The number of rotatable bonds is 5. The van der Waals surface area contributed by atoms with Gasteiger partial charge < -0.3 is 25.0 Å². The van der Waals surface area contributed by atoms with E-state index in [-0.39, 0.29) is 0 Å². The zero-order chi connectivity index (χ0) is 19.3. The minimum absolute atomic E-state index is 0.333. The normalized spacial score (nSPS) is 14.0. The summed E-state index contributed by atoms with van der Waals surface area (Å²) < 4.78 is 11.2. The second kappa shape index (κ2) is 8.04. The monoisotopic (exact) mass is 377 g/mol. The Kier molecular flexibility index (Phi) is 5.14. The molecular weight excluding hydrogens is 354 g/mol. The van der Waals surface area contributed by atoms with Crippen LogP contribution in [0, 0.1) is 0 Å². The fourth-order valence-electron chi connectivity index (χ4n) is 3.33. The Morgan fingerprint density at radius 2 is 1.46 bits per heavy atom. The van der Waals surface area contributed by atoms with Crippen molar-refractivity contribution in [1.82, 2.24) is 9.97 Å². The highest BCUT2D eigenvalue weighted by molar-refractivity contribution is 5.69. The van der Waals surface area contributed by atoms with Gasteiger partial charge in [0.05, 0.1) is 7.11 Å². The highest BCUT2D eigenvalue weighted by Gasteiger charge is 2.22. The lowest BCUT2D eigenvalue weighted by Crippen LogP contribution is -2.47. The third kappa shape index (κ3) is 3.64. The summed E-state index contributed by atoms with van der Waals surface area (Å²) in [6.45, 7) is 3.45. The summed E-state index contributed by atoms with van der Waals surface area (Å²) in [4.78, 5) is 13.2. The van der Waals surface area contributed by atoms with Gasteiger partial charge in [0.1, 0.15) is 12.0 Å². The highest BCUT2D eigenvalue weighted by atomic mass is 16.5. The fourth-order valence-corrected chi connectivity index (χ4v) is 3.33. The number of anilines is 3. The van der Waals surface area contributed by atoms with E-state index in [1.54, 1.807) is 7.11 Å². The van der Waals surface area contributed by atoms with Gasteiger partial charge in [-0.2, -0.15) is 4.98 Å². The van der Waals surface area contributed by atoms with Gasteiger partial charge in [-0.15, -0.1) is 0 Å². The minimum Gasteiger partial charge on any atom is -0.493 e. The van der Waals surface area contributed by atoms with Gasteiger partial charge in [0.25, 0.3) is 0 Å². The Morgan fingerprint density at radius 1 is 0.821 bits per heavy atom. The smallest absolute Gasteiger partial charge is 0.248 e. The molecule has 28 heavy (non-hydrogen) atoms. The van der Waals surface area contributed by atoms with Gasteiger partial charge >= 0.3 is 0 Å². The average molecular weight is 377 g/mol. The number of piperazine rings is 1. The summed E-state index contributed by atoms with van der Waals surface area (Å²) in [6.07, 6.45) is 1.49. The Balaban J connectivity index is 1.50. The summed E-state index contributed by atoms with van der Waals surface area (Å²) in [6, 6.07) is 17.8. The van der Waals surface area contributed by atoms with Crippen molar-refractivity contribution < 1.29 is 9.47 Å². The molecule has 0 saturated carbocycles. The first-order valence-corrected chi connectivity index (χ1v) is 9.22. The van der Waals surface area contributed by atoms with Gasteiger partial charge in [0.15, 0.2) is 17.3 Å². The molecule has 0 spiro atoms. The molecule has 1 aliphatic heterocycles. The Hall–Kier alpha value is -3.48. The van der Waals surface area contributed by atoms with Gasteiger partial charge in [-0.05, 0) is 24.3 Å². The number of aromatic nitrogens is 2. The molecule has 1 aromatic heterocycles. The van der Waals surface area contributed by atoms with Crippen LogP contribution in [0.4, 0.5) is 17.2 Å². The maximum Gasteiger partial charge on any atom is 0.248 e. The molecule has 2 heterocycles. The molecule has 0 bridgehead atoms. The number of nitrogens with zero attached hydrogens (tertiary/aromatic N) is 4. The first-order valence-electron chi connectivity index (χ1n) is 9.22. The number of benzene rings is 2. The Labute approximate surface area is 164 Å². The first-order chi connectivity index (χ1) is 13.8. The molecule has 0 amide bonds. The molecule has 2 N–H and O–H groups in total. The summed E-state index contributed by atoms with van der Waals surface area (Å²) in [5.41, 5.74) is 8.02. The number of hydrogen-bond donors (Lipinski definition) is 1. The average Bonchev–Trinajstić information content (AvgIpc) is 2.76. The first kappa shape index (κ1) is 17.9. The molecule has 2 aromatic carbocycles. The molecule has 1 fully saturated rings. The van der Waals surface area contributed by atoms with E-state index in [0.717, 1.165) is 26.2 Å². The van der Waals surface area contributed by atoms with Crippen molar-refractivity contribution in [2.45, 2.75) is 0 Å². The van der Waals surface area contributed by atoms with Crippen LogP contribution in [-0.4, -0.2) is 43.3 Å². The van der Waals surface area contributed by atoms with Crippen LogP contribution in [0.5, 0.6) is 17.4 Å². The predicted octanol–water partition coefficient (Wildman–Crippen LogP) is 3.19. The topological polar surface area (TPSA) is 76.7 Å². The van der Waals surface area contributed by atoms with Crippen LogP contribution in [0.1, 0.15) is 0 Å². The van der Waals surface area contributed by atoms with Crippen molar-refractivity contribution in [1.29, 1.82) is 0 Å². The van der Waals surface area contributed by atoms with Crippen LogP contribution in [0.25, 0.3) is 0 Å². The van der Waals surface area contributed by atoms with Crippen molar-refractivity contribution in [2.75, 3.05) is 48.8 Å². The second-order valence-corrected chi connectivity index (χ2v) is 6.48. The molecule has 0 radical (unpaired) electrons. The lowest BCUT2D eigenvalue weighted by Gasteiger charge is -2.37. The van der Waals surface area contributed by atoms with E-state index >= 15 is 0 Å². The third-order valence-corrected chi connectivity index (χ3v) is 4.80. The van der Waals surface area contributed by atoms with Crippen LogP contribution in [0.2, 0.25) is 0 Å². The number of nitrogens with two attached hydrogens (primary N) is 1. The maximum atomic E-state index is 6.35. The van der Waals surface area contributed by atoms with E-state index in [1.165, 1.54) is 12.0 Å². The van der Waals surface area contributed by atoms with Crippen LogP contribution in [0.15, 0.2) is 60.9 Å². The number of hydrogen-bond acceptors (Lipinski definition) is 7. The predicted molar refractivity (Wildman–Crippen MR) is 110 cm³/mol. The number of ether oxygens (including phenoxy) is 2. The number of nitrogen functional groups attached to an aromatic ring is 1. The summed E-state index contributed by atoms with van der Waals surface area (Å²) in [7, 11) is 1.60. The molecule has 7 nitrogen and oxygen atoms in total. The van der Waals surface area contributed by atoms with Crippen LogP contribution in [-0.2, 0) is 0 Å². The fraction of sp³-hybridized carbons (Fsp3) is 0.238. The van der Waals surface area contributed by atoms with Crippen LogP contribution < -0.4 is 25.0 Å². The molecule has 4 rings (SSSR count). The molecule has 0 aliphatic carbocycles. The summed E-state index contributed by atoms with van der Waals surface area (Å²) >= 11 is 0. The van der Waals surface area contributed by atoms with Gasteiger partial charge in [-0.25, -0.2) is 4.98 Å². The summed E-state index contributed by atoms with van der Waals surface area (Å²) in [5.74, 6) is 2.22. The van der Waals surface area contributed by atoms with E-state index in [9.17, 15) is 0 Å². The van der Waals surface area contributed by atoms with Crippen molar-refractivity contribution in [3.63, 3.8) is 0 Å². The zero-order valence-electron chi connectivity index (χ0n) is 15.8. The van der Waals surface area contributed by atoms with Gasteiger partial charge in [0.2, 0.25) is 5.88 Å². The molecule has 144 valence electrons. The molecule has 7 heteroatoms. The molecule has 1 saturated heterocycles. The number of methoxy groups -OCH3 is 1. The molecule has 0 atom stereocenters. The SMILES string of the molecule is COc1ccccc1Oc1ncnc(N2CCN(c3ccccc3)CC2)c1N. The van der Waals surface area contributed by atoms with E-state index in [4.69, 9.17) is 15.2 Å². The number of para-hydroxylation sites is 3. The Morgan fingerprint density at radius 3 is 2.18 bits per heavy atom. The van der Waals surface area contributed by atoms with Crippen molar-refractivity contribution in [2.24, 2.45) is 0 Å². The van der Waals surface area contributed by atoms with Crippen molar-refractivity contribution >= 4 is 17.2 Å². The molecule has 3 aromatic rings. The molecule has 0 unspecified atom stereocenters. The van der Waals surface area contributed by atoms with E-state index in [0.29, 0.717) is 28.9 Å². The quantitative estimate of drug-likeness (QED) is 0.732. The van der Waals surface area contributed by atoms with Crippen LogP contribution in [0.3, 0.4) is 0 Å². The van der Waals surface area contributed by atoms with E-state index in [2.05, 4.69) is 44.0 Å². The standard InChI is InChI=1S/C21H23N5O2/c1-27-17-9-5-6-10-18(17)28-21-19(22)20(23-15-24-21)26-13-11-25(12-14-26)16-7-3-2-4-8-16/h2-10,15H,11-14,22H2,1H3. The van der Waals surface area contributed by atoms with Crippen molar-refractivity contribution in [3.8, 4) is 17.4 Å². The van der Waals surface area contributed by atoms with Gasteiger partial charge in [-0.3, -0.25) is 0 Å². The Bertz CT molecular complexity index is 927. The lowest BCUT2D eigenvalue weighted by molar-refractivity contribution is 0.374. The highest BCUT2D eigenvalue weighted by Crippen LogP contribution is 2.35. The second-order valence-electron chi connectivity index (χ2n) is 6.48. The van der Waals surface area contributed by atoms with Crippen LogP contribution >= 0.6 is 0 Å². The lowest BCUT2D eigenvalue weighted by atomic mass is 10.2. The van der Waals surface area contributed by atoms with E-state index in [1.807, 2.05) is 30.3 Å². The minimum atomic E-state index is 0.333.